The monoisotopic (exact) mass is 359 g/mol. The van der Waals surface area contributed by atoms with Crippen molar-refractivity contribution in [1.29, 1.82) is 0 Å². The van der Waals surface area contributed by atoms with Crippen LogP contribution in [0.25, 0.3) is 0 Å². The second-order valence-electron chi connectivity index (χ2n) is 7.53. The molecule has 1 fully saturated rings. The third-order valence-electron chi connectivity index (χ3n) is 4.65. The van der Waals surface area contributed by atoms with Gasteiger partial charge >= 0.3 is 12.1 Å². The summed E-state index contributed by atoms with van der Waals surface area (Å²) in [7, 11) is 0. The molecule has 2 unspecified atom stereocenters. The van der Waals surface area contributed by atoms with Gasteiger partial charge in [-0.1, -0.05) is 13.8 Å². The molecule has 1 N–H and O–H groups in total. The van der Waals surface area contributed by atoms with E-state index in [0.29, 0.717) is 19.6 Å². The molecule has 7 nitrogen and oxygen atoms in total. The molecule has 0 aliphatic carbocycles. The molecule has 2 atom stereocenters. The highest BCUT2D eigenvalue weighted by atomic mass is 16.7. The van der Waals surface area contributed by atoms with Gasteiger partial charge in [-0.2, -0.15) is 0 Å². The third-order valence-corrected chi connectivity index (χ3v) is 4.65. The largest absolute Gasteiger partial charge is 0.479 e. The Bertz CT molecular complexity index is 480. The fourth-order valence-electron chi connectivity index (χ4n) is 3.69. The van der Waals surface area contributed by atoms with E-state index in [-0.39, 0.29) is 18.9 Å². The SMILES string of the molecule is CCOC1(OCC)CC(C)C(CC)(C(=O)O)N(C(=O)OC(C)(C)C)C1. The van der Waals surface area contributed by atoms with Crippen LogP contribution >= 0.6 is 0 Å². The first-order valence-corrected chi connectivity index (χ1v) is 9.00. The highest BCUT2D eigenvalue weighted by molar-refractivity contribution is 5.85. The van der Waals surface area contributed by atoms with Gasteiger partial charge in [0, 0.05) is 19.6 Å². The first-order valence-electron chi connectivity index (χ1n) is 9.00. The van der Waals surface area contributed by atoms with Gasteiger partial charge in [-0.15, -0.1) is 0 Å². The number of carboxylic acids is 1. The van der Waals surface area contributed by atoms with E-state index in [4.69, 9.17) is 14.2 Å². The molecule has 7 heteroatoms. The zero-order valence-electron chi connectivity index (χ0n) is 16.5. The Hall–Kier alpha value is -1.34. The lowest BCUT2D eigenvalue weighted by atomic mass is 9.73. The number of carboxylic acid groups (broad SMARTS) is 1. The van der Waals surface area contributed by atoms with Gasteiger partial charge in [0.1, 0.15) is 11.1 Å². The molecule has 0 spiro atoms. The highest BCUT2D eigenvalue weighted by Crippen LogP contribution is 2.43. The van der Waals surface area contributed by atoms with Crippen molar-refractivity contribution in [3.05, 3.63) is 0 Å². The molecule has 146 valence electrons. The molecular weight excluding hydrogens is 326 g/mol. The van der Waals surface area contributed by atoms with Gasteiger partial charge in [-0.3, -0.25) is 4.90 Å². The number of nitrogens with zero attached hydrogens (tertiary/aromatic N) is 1. The topological polar surface area (TPSA) is 85.3 Å². The van der Waals surface area contributed by atoms with Crippen molar-refractivity contribution in [2.45, 2.75) is 78.2 Å². The molecule has 1 aliphatic rings. The van der Waals surface area contributed by atoms with E-state index in [2.05, 4.69) is 0 Å². The van der Waals surface area contributed by atoms with Crippen LogP contribution < -0.4 is 0 Å². The van der Waals surface area contributed by atoms with Crippen molar-refractivity contribution in [3.63, 3.8) is 0 Å². The van der Waals surface area contributed by atoms with E-state index in [1.165, 1.54) is 4.90 Å². The summed E-state index contributed by atoms with van der Waals surface area (Å²) < 4.78 is 17.2. The van der Waals surface area contributed by atoms with E-state index < -0.39 is 29.0 Å². The zero-order chi connectivity index (χ0) is 19.5. The molecule has 1 amide bonds. The fraction of sp³-hybridized carbons (Fsp3) is 0.889. The molecule has 1 rings (SSSR count). The summed E-state index contributed by atoms with van der Waals surface area (Å²) in [6.07, 6.45) is 0.0117. The molecule has 0 aromatic heterocycles. The van der Waals surface area contributed by atoms with Crippen LogP contribution in [0, 0.1) is 5.92 Å². The molecule has 1 saturated heterocycles. The Morgan fingerprint density at radius 1 is 1.16 bits per heavy atom. The normalized spacial score (nSPS) is 26.4. The minimum Gasteiger partial charge on any atom is -0.479 e. The van der Waals surface area contributed by atoms with Gasteiger partial charge < -0.3 is 19.3 Å². The maximum absolute atomic E-state index is 12.9. The third kappa shape index (κ3) is 4.44. The Morgan fingerprint density at radius 3 is 2.04 bits per heavy atom. The average molecular weight is 359 g/mol. The lowest BCUT2D eigenvalue weighted by Gasteiger charge is -2.53. The molecular formula is C18H33NO6. The summed E-state index contributed by atoms with van der Waals surface area (Å²) in [6, 6.07) is 0. The highest BCUT2D eigenvalue weighted by Gasteiger charge is 2.59. The van der Waals surface area contributed by atoms with Gasteiger partial charge in [0.25, 0.3) is 0 Å². The van der Waals surface area contributed by atoms with E-state index >= 15 is 0 Å². The Labute approximate surface area is 150 Å². The lowest BCUT2D eigenvalue weighted by molar-refractivity contribution is -0.276. The number of hydrogen-bond donors (Lipinski definition) is 1. The van der Waals surface area contributed by atoms with Crippen molar-refractivity contribution < 1.29 is 28.9 Å². The summed E-state index contributed by atoms with van der Waals surface area (Å²) in [5.41, 5.74) is -2.07. The van der Waals surface area contributed by atoms with Crippen LogP contribution in [0.4, 0.5) is 4.79 Å². The molecule has 1 heterocycles. The number of carbonyl (C=O) groups excluding carboxylic acids is 1. The number of amides is 1. The first-order chi connectivity index (χ1) is 11.5. The Morgan fingerprint density at radius 2 is 1.68 bits per heavy atom. The molecule has 0 aromatic rings. The summed E-state index contributed by atoms with van der Waals surface area (Å²) in [5, 5.41) is 9.98. The number of piperidine rings is 1. The van der Waals surface area contributed by atoms with Crippen molar-refractivity contribution in [3.8, 4) is 0 Å². The van der Waals surface area contributed by atoms with E-state index in [0.717, 1.165) is 0 Å². The summed E-state index contributed by atoms with van der Waals surface area (Å²) in [5.74, 6) is -2.42. The fourth-order valence-corrected chi connectivity index (χ4v) is 3.69. The molecule has 0 aromatic carbocycles. The maximum atomic E-state index is 12.9. The van der Waals surface area contributed by atoms with Crippen LogP contribution in [0.5, 0.6) is 0 Å². The van der Waals surface area contributed by atoms with Crippen molar-refractivity contribution in [2.75, 3.05) is 19.8 Å². The van der Waals surface area contributed by atoms with Crippen molar-refractivity contribution >= 4 is 12.1 Å². The number of ether oxygens (including phenoxy) is 3. The van der Waals surface area contributed by atoms with Gasteiger partial charge in [0.15, 0.2) is 5.79 Å². The summed E-state index contributed by atoms with van der Waals surface area (Å²) in [4.78, 5) is 26.3. The van der Waals surface area contributed by atoms with Crippen LogP contribution in [0.15, 0.2) is 0 Å². The smallest absolute Gasteiger partial charge is 0.411 e. The predicted octanol–water partition coefficient (Wildman–Crippen LogP) is 3.27. The quantitative estimate of drug-likeness (QED) is 0.733. The maximum Gasteiger partial charge on any atom is 0.411 e. The lowest BCUT2D eigenvalue weighted by Crippen LogP contribution is -2.70. The van der Waals surface area contributed by atoms with Gasteiger partial charge in [0.2, 0.25) is 0 Å². The van der Waals surface area contributed by atoms with E-state index in [1.54, 1.807) is 27.7 Å². The van der Waals surface area contributed by atoms with Crippen LogP contribution in [0.1, 0.15) is 61.3 Å². The van der Waals surface area contributed by atoms with Crippen LogP contribution in [0.2, 0.25) is 0 Å². The standard InChI is InChI=1S/C18H33NO6/c1-8-18(14(20)21)13(4)11-17(23-9-2,24-10-3)12-19(18)15(22)25-16(5,6)7/h13H,8-12H2,1-7H3,(H,20,21). The number of hydrogen-bond acceptors (Lipinski definition) is 5. The first kappa shape index (κ1) is 21.7. The second-order valence-corrected chi connectivity index (χ2v) is 7.53. The number of likely N-dealkylation sites (tertiary alicyclic amines) is 1. The van der Waals surface area contributed by atoms with Gasteiger partial charge in [-0.05, 0) is 47.0 Å². The molecule has 1 aliphatic heterocycles. The average Bonchev–Trinajstić information content (AvgIpc) is 2.45. The second kappa shape index (κ2) is 7.91. The van der Waals surface area contributed by atoms with Crippen molar-refractivity contribution in [1.82, 2.24) is 4.90 Å². The summed E-state index contributed by atoms with van der Waals surface area (Å²) >= 11 is 0. The van der Waals surface area contributed by atoms with Gasteiger partial charge in [0.05, 0.1) is 6.54 Å². The number of aliphatic carboxylic acids is 1. The van der Waals surface area contributed by atoms with E-state index in [1.807, 2.05) is 20.8 Å². The molecule has 0 radical (unpaired) electrons. The molecule has 25 heavy (non-hydrogen) atoms. The minimum absolute atomic E-state index is 0.0219. The van der Waals surface area contributed by atoms with Gasteiger partial charge in [-0.25, -0.2) is 9.59 Å². The predicted molar refractivity (Wildman–Crippen MR) is 93.4 cm³/mol. The molecule has 0 saturated carbocycles. The Kier molecular flexibility index (Phi) is 6.87. The molecule has 0 bridgehead atoms. The van der Waals surface area contributed by atoms with Crippen LogP contribution in [0.3, 0.4) is 0 Å². The van der Waals surface area contributed by atoms with E-state index in [9.17, 15) is 14.7 Å². The number of carbonyl (C=O) groups is 2. The summed E-state index contributed by atoms with van der Waals surface area (Å²) in [6.45, 7) is 13.4. The Balaban J connectivity index is 3.36. The van der Waals surface area contributed by atoms with Crippen LogP contribution in [-0.2, 0) is 19.0 Å². The minimum atomic E-state index is -1.35. The number of rotatable bonds is 6. The zero-order valence-corrected chi connectivity index (χ0v) is 16.5. The van der Waals surface area contributed by atoms with Crippen molar-refractivity contribution in [2.24, 2.45) is 5.92 Å². The van der Waals surface area contributed by atoms with Crippen LogP contribution in [-0.4, -0.2) is 58.8 Å².